The van der Waals surface area contributed by atoms with Crippen molar-refractivity contribution in [3.05, 3.63) is 64.7 Å². The van der Waals surface area contributed by atoms with Gasteiger partial charge < -0.3 is 15.4 Å². The number of hydrogen-bond acceptors (Lipinski definition) is 4. The Labute approximate surface area is 174 Å². The number of carbonyl (C=O) groups excluding carboxylic acids is 2. The van der Waals surface area contributed by atoms with Gasteiger partial charge in [0.05, 0.1) is 20.1 Å². The van der Waals surface area contributed by atoms with Crippen molar-refractivity contribution in [2.45, 2.75) is 32.0 Å². The number of nitrogens with zero attached hydrogens (tertiary/aromatic N) is 1. The van der Waals surface area contributed by atoms with Gasteiger partial charge >= 0.3 is 0 Å². The smallest absolute Gasteiger partial charge is 0.255 e. The zero-order chi connectivity index (χ0) is 21.0. The standard InChI is InChI=1S/C21H23ClN4O3/c1-21(11-18(27)24-12-15-7-3-4-9-17(15)29-2)19(28)26(20(23)25-21)13-14-6-5-8-16(22)10-14/h3-10H,11-13H2,1-2H3,(H2,23,25)(H,24,27). The fraction of sp³-hybridized carbons (Fsp3) is 0.286. The second-order valence-corrected chi connectivity index (χ2v) is 7.53. The lowest BCUT2D eigenvalue weighted by Crippen LogP contribution is -2.47. The Morgan fingerprint density at radius 3 is 2.76 bits per heavy atom. The second-order valence-electron chi connectivity index (χ2n) is 7.09. The Morgan fingerprint density at radius 2 is 2.03 bits per heavy atom. The van der Waals surface area contributed by atoms with Crippen LogP contribution in [-0.2, 0) is 22.7 Å². The average Bonchev–Trinajstić information content (AvgIpc) is 2.89. The number of methoxy groups -OCH3 is 1. The molecule has 0 spiro atoms. The first kappa shape index (κ1) is 20.7. The summed E-state index contributed by atoms with van der Waals surface area (Å²) >= 11 is 6.00. The van der Waals surface area contributed by atoms with Gasteiger partial charge in [-0.2, -0.15) is 0 Å². The first-order valence-corrected chi connectivity index (χ1v) is 9.52. The van der Waals surface area contributed by atoms with Gasteiger partial charge in [0.15, 0.2) is 5.96 Å². The lowest BCUT2D eigenvalue weighted by molar-refractivity contribution is -0.134. The van der Waals surface area contributed by atoms with E-state index in [-0.39, 0.29) is 37.3 Å². The maximum Gasteiger partial charge on any atom is 0.255 e. The summed E-state index contributed by atoms with van der Waals surface area (Å²) in [6.45, 7) is 2.13. The normalized spacial score (nSPS) is 18.5. The molecule has 3 rings (SSSR count). The molecule has 0 saturated carbocycles. The van der Waals surface area contributed by atoms with Gasteiger partial charge in [0.1, 0.15) is 11.3 Å². The molecular weight excluding hydrogens is 392 g/mol. The molecular formula is C21H23ClN4O3. The first-order chi connectivity index (χ1) is 13.8. The topological polar surface area (TPSA) is 94.5 Å². The van der Waals surface area contributed by atoms with E-state index in [0.29, 0.717) is 10.8 Å². The minimum absolute atomic E-state index is 0.0324. The number of amides is 2. The molecule has 1 heterocycles. The van der Waals surface area contributed by atoms with Crippen LogP contribution in [0, 0.1) is 5.41 Å². The number of nitrogens with one attached hydrogen (secondary N) is 3. The van der Waals surface area contributed by atoms with Crippen LogP contribution in [0.5, 0.6) is 5.75 Å². The highest BCUT2D eigenvalue weighted by Crippen LogP contribution is 2.24. The monoisotopic (exact) mass is 414 g/mol. The summed E-state index contributed by atoms with van der Waals surface area (Å²) in [5.74, 6) is 0.0325. The maximum absolute atomic E-state index is 12.9. The number of benzene rings is 2. The van der Waals surface area contributed by atoms with Crippen molar-refractivity contribution in [1.82, 2.24) is 15.5 Å². The van der Waals surface area contributed by atoms with Crippen molar-refractivity contribution in [1.29, 1.82) is 5.41 Å². The SMILES string of the molecule is COc1ccccc1CNC(=O)CC1(C)NC(=N)N(Cc2cccc(Cl)c2)C1=O. The predicted octanol–water partition coefficient (Wildman–Crippen LogP) is 2.68. The van der Waals surface area contributed by atoms with Crippen LogP contribution in [0.1, 0.15) is 24.5 Å². The molecule has 152 valence electrons. The Bertz CT molecular complexity index is 949. The number of hydrogen-bond donors (Lipinski definition) is 3. The van der Waals surface area contributed by atoms with Crippen LogP contribution in [0.15, 0.2) is 48.5 Å². The number of halogens is 1. The molecule has 29 heavy (non-hydrogen) atoms. The molecule has 1 atom stereocenters. The van der Waals surface area contributed by atoms with Crippen LogP contribution in [-0.4, -0.2) is 35.3 Å². The highest BCUT2D eigenvalue weighted by atomic mass is 35.5. The molecule has 0 aromatic heterocycles. The van der Waals surface area contributed by atoms with E-state index < -0.39 is 5.54 Å². The van der Waals surface area contributed by atoms with E-state index in [0.717, 1.165) is 11.1 Å². The van der Waals surface area contributed by atoms with Gasteiger partial charge in [0, 0.05) is 17.1 Å². The van der Waals surface area contributed by atoms with Gasteiger partial charge in [0.25, 0.3) is 5.91 Å². The largest absolute Gasteiger partial charge is 0.496 e. The summed E-state index contributed by atoms with van der Waals surface area (Å²) in [7, 11) is 1.57. The van der Waals surface area contributed by atoms with Crippen LogP contribution in [0.4, 0.5) is 0 Å². The number of guanidine groups is 1. The molecule has 0 bridgehead atoms. The Hall–Kier alpha value is -3.06. The van der Waals surface area contributed by atoms with Crippen LogP contribution >= 0.6 is 11.6 Å². The Morgan fingerprint density at radius 1 is 1.28 bits per heavy atom. The average molecular weight is 415 g/mol. The summed E-state index contributed by atoms with van der Waals surface area (Å²) in [5, 5.41) is 14.4. The maximum atomic E-state index is 12.9. The van der Waals surface area contributed by atoms with Crippen LogP contribution < -0.4 is 15.4 Å². The Balaban J connectivity index is 1.63. The van der Waals surface area contributed by atoms with Gasteiger partial charge in [-0.25, -0.2) is 0 Å². The number of carbonyl (C=O) groups is 2. The van der Waals surface area contributed by atoms with Crippen molar-refractivity contribution in [2.75, 3.05) is 7.11 Å². The van der Waals surface area contributed by atoms with Crippen molar-refractivity contribution >= 4 is 29.4 Å². The van der Waals surface area contributed by atoms with Crippen LogP contribution in [0.3, 0.4) is 0 Å². The molecule has 0 radical (unpaired) electrons. The van der Waals surface area contributed by atoms with Crippen molar-refractivity contribution in [2.24, 2.45) is 0 Å². The van der Waals surface area contributed by atoms with Gasteiger partial charge in [-0.05, 0) is 30.7 Å². The third-order valence-electron chi connectivity index (χ3n) is 4.79. The summed E-state index contributed by atoms with van der Waals surface area (Å²) in [4.78, 5) is 26.7. The zero-order valence-electron chi connectivity index (χ0n) is 16.3. The van der Waals surface area contributed by atoms with E-state index in [9.17, 15) is 9.59 Å². The molecule has 3 N–H and O–H groups in total. The molecule has 1 saturated heterocycles. The molecule has 1 aliphatic heterocycles. The molecule has 0 aliphatic carbocycles. The summed E-state index contributed by atoms with van der Waals surface area (Å²) in [6, 6.07) is 14.5. The third-order valence-corrected chi connectivity index (χ3v) is 5.03. The fourth-order valence-electron chi connectivity index (χ4n) is 3.30. The minimum atomic E-state index is -1.18. The highest BCUT2D eigenvalue weighted by molar-refractivity contribution is 6.30. The second kappa shape index (κ2) is 8.53. The summed E-state index contributed by atoms with van der Waals surface area (Å²) in [5.41, 5.74) is 0.470. The minimum Gasteiger partial charge on any atom is -0.496 e. The van der Waals surface area contributed by atoms with Gasteiger partial charge in [-0.3, -0.25) is 19.9 Å². The van der Waals surface area contributed by atoms with Crippen LogP contribution in [0.2, 0.25) is 5.02 Å². The van der Waals surface area contributed by atoms with Gasteiger partial charge in [0.2, 0.25) is 5.91 Å². The van der Waals surface area contributed by atoms with Crippen LogP contribution in [0.25, 0.3) is 0 Å². The predicted molar refractivity (Wildman–Crippen MR) is 111 cm³/mol. The van der Waals surface area contributed by atoms with Crippen molar-refractivity contribution < 1.29 is 14.3 Å². The molecule has 1 unspecified atom stereocenters. The summed E-state index contributed by atoms with van der Waals surface area (Å²) in [6.07, 6.45) is -0.0879. The Kier molecular flexibility index (Phi) is 6.08. The van der Waals surface area contributed by atoms with Gasteiger partial charge in [-0.1, -0.05) is 41.9 Å². The van der Waals surface area contributed by atoms with E-state index >= 15 is 0 Å². The number of rotatable bonds is 7. The lowest BCUT2D eigenvalue weighted by Gasteiger charge is -2.21. The van der Waals surface area contributed by atoms with E-state index in [2.05, 4.69) is 10.6 Å². The lowest BCUT2D eigenvalue weighted by atomic mass is 9.97. The van der Waals surface area contributed by atoms with Gasteiger partial charge in [-0.15, -0.1) is 0 Å². The van der Waals surface area contributed by atoms with E-state index in [4.69, 9.17) is 21.7 Å². The highest BCUT2D eigenvalue weighted by Gasteiger charge is 2.47. The quantitative estimate of drug-likeness (QED) is 0.649. The van der Waals surface area contributed by atoms with Crippen molar-refractivity contribution in [3.63, 3.8) is 0 Å². The van der Waals surface area contributed by atoms with Crippen molar-refractivity contribution in [3.8, 4) is 5.75 Å². The summed E-state index contributed by atoms with van der Waals surface area (Å²) < 4.78 is 5.28. The van der Waals surface area contributed by atoms with E-state index in [1.165, 1.54) is 4.90 Å². The molecule has 2 amide bonds. The zero-order valence-corrected chi connectivity index (χ0v) is 17.0. The molecule has 1 aliphatic rings. The third kappa shape index (κ3) is 4.68. The molecule has 8 heteroatoms. The number of para-hydroxylation sites is 1. The first-order valence-electron chi connectivity index (χ1n) is 9.14. The molecule has 7 nitrogen and oxygen atoms in total. The molecule has 2 aromatic rings. The van der Waals surface area contributed by atoms with E-state index in [1.807, 2.05) is 30.3 Å². The number of ether oxygens (including phenoxy) is 1. The molecule has 1 fully saturated rings. The molecule has 2 aromatic carbocycles. The fourth-order valence-corrected chi connectivity index (χ4v) is 3.51. The van der Waals surface area contributed by atoms with E-state index in [1.54, 1.807) is 32.2 Å².